The summed E-state index contributed by atoms with van der Waals surface area (Å²) in [6.45, 7) is 10.5. The zero-order valence-corrected chi connectivity index (χ0v) is 23.7. The molecule has 0 aliphatic carbocycles. The first kappa shape index (κ1) is 29.3. The number of benzene rings is 3. The van der Waals surface area contributed by atoms with Gasteiger partial charge in [0.1, 0.15) is 6.61 Å². The van der Waals surface area contributed by atoms with E-state index in [0.29, 0.717) is 35.4 Å². The first-order valence-corrected chi connectivity index (χ1v) is 13.7. The van der Waals surface area contributed by atoms with E-state index in [0.717, 1.165) is 43.6 Å². The lowest BCUT2D eigenvalue weighted by Crippen LogP contribution is -2.41. The number of rotatable bonds is 14. The number of anilines is 1. The van der Waals surface area contributed by atoms with Crippen LogP contribution in [0.3, 0.4) is 0 Å². The van der Waals surface area contributed by atoms with Crippen LogP contribution >= 0.6 is 11.6 Å². The van der Waals surface area contributed by atoms with Gasteiger partial charge in [-0.1, -0.05) is 61.8 Å². The third-order valence-corrected chi connectivity index (χ3v) is 6.95. The van der Waals surface area contributed by atoms with Crippen LogP contribution in [0, 0.1) is 0 Å². The van der Waals surface area contributed by atoms with Crippen molar-refractivity contribution in [1.29, 1.82) is 0 Å². The highest BCUT2D eigenvalue weighted by Crippen LogP contribution is 2.30. The molecule has 2 amide bonds. The second kappa shape index (κ2) is 15.3. The molecule has 0 aliphatic heterocycles. The van der Waals surface area contributed by atoms with Crippen molar-refractivity contribution in [2.75, 3.05) is 32.1 Å². The van der Waals surface area contributed by atoms with Crippen LogP contribution in [0.15, 0.2) is 72.8 Å². The van der Waals surface area contributed by atoms with Crippen molar-refractivity contribution in [1.82, 2.24) is 9.80 Å². The minimum absolute atomic E-state index is 0.0397. The molecule has 0 fully saturated rings. The van der Waals surface area contributed by atoms with E-state index in [4.69, 9.17) is 21.1 Å². The van der Waals surface area contributed by atoms with Gasteiger partial charge in [0.25, 0.3) is 0 Å². The topological polar surface area (TPSA) is 54.0 Å². The van der Waals surface area contributed by atoms with Gasteiger partial charge in [-0.25, -0.2) is 4.79 Å². The number of carbonyl (C=O) groups excluding carboxylic acids is 1. The summed E-state index contributed by atoms with van der Waals surface area (Å²) in [6.07, 6.45) is 1.92. The summed E-state index contributed by atoms with van der Waals surface area (Å²) in [6, 6.07) is 22.9. The summed E-state index contributed by atoms with van der Waals surface area (Å²) in [5.74, 6) is 1.32. The lowest BCUT2D eigenvalue weighted by atomic mass is 10.1. The van der Waals surface area contributed by atoms with Gasteiger partial charge in [0, 0.05) is 23.3 Å². The molecule has 1 atom stereocenters. The van der Waals surface area contributed by atoms with Gasteiger partial charge in [0.15, 0.2) is 11.5 Å². The van der Waals surface area contributed by atoms with Crippen molar-refractivity contribution in [3.63, 3.8) is 0 Å². The molecule has 7 heteroatoms. The van der Waals surface area contributed by atoms with Crippen LogP contribution < -0.4 is 14.8 Å². The molecular weight excluding hydrogens is 498 g/mol. The van der Waals surface area contributed by atoms with Gasteiger partial charge in [-0.15, -0.1) is 0 Å². The largest absolute Gasteiger partial charge is 0.493 e. The molecule has 0 heterocycles. The number of hydrogen-bond acceptors (Lipinski definition) is 4. The van der Waals surface area contributed by atoms with Gasteiger partial charge in [-0.05, 0) is 86.9 Å². The minimum Gasteiger partial charge on any atom is -0.493 e. The van der Waals surface area contributed by atoms with Crippen LogP contribution in [0.2, 0.25) is 5.02 Å². The van der Waals surface area contributed by atoms with Crippen LogP contribution in [-0.4, -0.2) is 48.6 Å². The molecule has 0 spiro atoms. The monoisotopic (exact) mass is 537 g/mol. The molecule has 1 N–H and O–H groups in total. The fraction of sp³-hybridized carbons (Fsp3) is 0.387. The van der Waals surface area contributed by atoms with Crippen molar-refractivity contribution in [2.45, 2.75) is 52.8 Å². The Balaban J connectivity index is 1.73. The Hall–Kier alpha value is -3.22. The van der Waals surface area contributed by atoms with Crippen LogP contribution in [0.25, 0.3) is 0 Å². The zero-order chi connectivity index (χ0) is 27.3. The standard InChI is InChI=1S/C31H40ClN3O3/c1-5-34(6-2)20-10-11-24(3)35(31(36)33-28-17-15-27(32)16-18-28)22-26-14-19-29(30(21-26)37-4)38-23-25-12-8-7-9-13-25/h7-9,12-19,21,24H,5-6,10-11,20,22-23H2,1-4H3,(H,33,36). The van der Waals surface area contributed by atoms with Crippen molar-refractivity contribution in [3.8, 4) is 11.5 Å². The Morgan fingerprint density at radius 3 is 2.32 bits per heavy atom. The van der Waals surface area contributed by atoms with Crippen molar-refractivity contribution >= 4 is 23.3 Å². The molecule has 6 nitrogen and oxygen atoms in total. The summed E-state index contributed by atoms with van der Waals surface area (Å²) >= 11 is 6.02. The second-order valence-corrected chi connectivity index (χ2v) is 9.78. The van der Waals surface area contributed by atoms with E-state index >= 15 is 0 Å². The Labute approximate surface area is 232 Å². The predicted molar refractivity (Wildman–Crippen MR) is 156 cm³/mol. The molecule has 3 aromatic carbocycles. The predicted octanol–water partition coefficient (Wildman–Crippen LogP) is 7.47. The molecule has 38 heavy (non-hydrogen) atoms. The normalized spacial score (nSPS) is 11.7. The molecule has 204 valence electrons. The highest BCUT2D eigenvalue weighted by atomic mass is 35.5. The number of nitrogens with zero attached hydrogens (tertiary/aromatic N) is 2. The third-order valence-electron chi connectivity index (χ3n) is 6.70. The highest BCUT2D eigenvalue weighted by Gasteiger charge is 2.22. The summed E-state index contributed by atoms with van der Waals surface area (Å²) in [4.78, 5) is 17.7. The summed E-state index contributed by atoms with van der Waals surface area (Å²) in [5, 5.41) is 3.66. The Morgan fingerprint density at radius 2 is 1.66 bits per heavy atom. The van der Waals surface area contributed by atoms with E-state index in [2.05, 4.69) is 31.0 Å². The van der Waals surface area contributed by atoms with Gasteiger partial charge in [-0.3, -0.25) is 0 Å². The maximum absolute atomic E-state index is 13.4. The highest BCUT2D eigenvalue weighted by molar-refractivity contribution is 6.30. The summed E-state index contributed by atoms with van der Waals surface area (Å²) < 4.78 is 11.7. The summed E-state index contributed by atoms with van der Waals surface area (Å²) in [7, 11) is 1.63. The van der Waals surface area contributed by atoms with Crippen LogP contribution in [0.1, 0.15) is 44.7 Å². The SMILES string of the molecule is CCN(CC)CCCC(C)N(Cc1ccc(OCc2ccccc2)c(OC)c1)C(=O)Nc1ccc(Cl)cc1. The average molecular weight is 538 g/mol. The van der Waals surface area contributed by atoms with Crippen LogP contribution in [-0.2, 0) is 13.2 Å². The first-order chi connectivity index (χ1) is 18.4. The number of ether oxygens (including phenoxy) is 2. The third kappa shape index (κ3) is 8.96. The number of hydrogen-bond donors (Lipinski definition) is 1. The van der Waals surface area contributed by atoms with Gasteiger partial charge >= 0.3 is 6.03 Å². The van der Waals surface area contributed by atoms with Crippen molar-refractivity contribution in [3.05, 3.63) is 88.9 Å². The zero-order valence-electron chi connectivity index (χ0n) is 23.0. The van der Waals surface area contributed by atoms with E-state index < -0.39 is 0 Å². The van der Waals surface area contributed by atoms with Gasteiger partial charge in [0.2, 0.25) is 0 Å². The minimum atomic E-state index is -0.147. The van der Waals surface area contributed by atoms with E-state index in [9.17, 15) is 4.79 Å². The number of nitrogens with one attached hydrogen (secondary N) is 1. The van der Waals surface area contributed by atoms with Gasteiger partial charge in [0.05, 0.1) is 7.11 Å². The molecule has 3 aromatic rings. The molecule has 0 radical (unpaired) electrons. The van der Waals surface area contributed by atoms with Crippen LogP contribution in [0.5, 0.6) is 11.5 Å². The maximum atomic E-state index is 13.4. The van der Waals surface area contributed by atoms with E-state index in [1.807, 2.05) is 65.6 Å². The molecule has 0 saturated carbocycles. The number of methoxy groups -OCH3 is 1. The molecule has 0 aromatic heterocycles. The molecule has 0 aliphatic rings. The number of urea groups is 1. The van der Waals surface area contributed by atoms with Gasteiger partial charge < -0.3 is 24.6 Å². The molecule has 0 saturated heterocycles. The van der Waals surface area contributed by atoms with Crippen molar-refractivity contribution < 1.29 is 14.3 Å². The quantitative estimate of drug-likeness (QED) is 0.232. The average Bonchev–Trinajstić information content (AvgIpc) is 2.94. The number of carbonyl (C=O) groups is 1. The van der Waals surface area contributed by atoms with E-state index in [1.165, 1.54) is 0 Å². The lowest BCUT2D eigenvalue weighted by Gasteiger charge is -2.30. The van der Waals surface area contributed by atoms with E-state index in [-0.39, 0.29) is 12.1 Å². The van der Waals surface area contributed by atoms with E-state index in [1.54, 1.807) is 19.2 Å². The first-order valence-electron chi connectivity index (χ1n) is 13.3. The fourth-order valence-corrected chi connectivity index (χ4v) is 4.45. The Morgan fingerprint density at radius 1 is 0.947 bits per heavy atom. The fourth-order valence-electron chi connectivity index (χ4n) is 4.32. The maximum Gasteiger partial charge on any atom is 0.322 e. The van der Waals surface area contributed by atoms with Crippen LogP contribution in [0.4, 0.5) is 10.5 Å². The Bertz CT molecular complexity index is 1120. The smallest absolute Gasteiger partial charge is 0.322 e. The second-order valence-electron chi connectivity index (χ2n) is 9.34. The Kier molecular flexibility index (Phi) is 11.8. The molecular formula is C31H40ClN3O3. The lowest BCUT2D eigenvalue weighted by molar-refractivity contribution is 0.180. The molecule has 0 bridgehead atoms. The number of halogens is 1. The molecule has 3 rings (SSSR count). The summed E-state index contributed by atoms with van der Waals surface area (Å²) in [5.41, 5.74) is 2.76. The number of amides is 2. The van der Waals surface area contributed by atoms with Crippen molar-refractivity contribution in [2.24, 2.45) is 0 Å². The van der Waals surface area contributed by atoms with Gasteiger partial charge in [-0.2, -0.15) is 0 Å². The molecule has 1 unspecified atom stereocenters.